The second-order valence-electron chi connectivity index (χ2n) is 7.94. The lowest BCUT2D eigenvalue weighted by molar-refractivity contribution is -0.138. The van der Waals surface area contributed by atoms with E-state index in [0.717, 1.165) is 45.7 Å². The van der Waals surface area contributed by atoms with Gasteiger partial charge < -0.3 is 20.4 Å². The number of nitrogens with zero attached hydrogens (tertiary/aromatic N) is 3. The Hall–Kier alpha value is -2.00. The van der Waals surface area contributed by atoms with Gasteiger partial charge in [0.15, 0.2) is 0 Å². The van der Waals surface area contributed by atoms with Gasteiger partial charge >= 0.3 is 11.9 Å². The summed E-state index contributed by atoms with van der Waals surface area (Å²) in [7, 11) is 2.05. The van der Waals surface area contributed by atoms with E-state index in [2.05, 4.69) is 46.4 Å². The maximum Gasteiger partial charge on any atom is 0.317 e. The van der Waals surface area contributed by atoms with Crippen molar-refractivity contribution in [3.63, 3.8) is 0 Å². The molecule has 0 aromatic heterocycles. The lowest BCUT2D eigenvalue weighted by Crippen LogP contribution is -2.47. The molecule has 3 N–H and O–H groups in total. The van der Waals surface area contributed by atoms with Crippen molar-refractivity contribution >= 4 is 11.9 Å². The van der Waals surface area contributed by atoms with Crippen molar-refractivity contribution < 1.29 is 19.8 Å². The minimum Gasteiger partial charge on any atom is -0.480 e. The smallest absolute Gasteiger partial charge is 0.317 e. The van der Waals surface area contributed by atoms with Crippen LogP contribution in [0.1, 0.15) is 11.1 Å². The predicted molar refractivity (Wildman–Crippen MR) is 112 cm³/mol. The highest BCUT2D eigenvalue weighted by atomic mass is 16.4. The Bertz CT molecular complexity index is 653. The predicted octanol–water partition coefficient (Wildman–Crippen LogP) is 0.214. The third kappa shape index (κ3) is 9.36. The third-order valence-electron chi connectivity index (χ3n) is 5.31. The average Bonchev–Trinajstić information content (AvgIpc) is 2.74. The van der Waals surface area contributed by atoms with E-state index in [1.807, 2.05) is 11.8 Å². The van der Waals surface area contributed by atoms with Gasteiger partial charge in [-0.05, 0) is 26.0 Å². The second kappa shape index (κ2) is 11.9. The summed E-state index contributed by atoms with van der Waals surface area (Å²) >= 11 is 0. The largest absolute Gasteiger partial charge is 0.480 e. The molecule has 1 aliphatic rings. The van der Waals surface area contributed by atoms with Crippen LogP contribution in [0.5, 0.6) is 0 Å². The molecule has 0 spiro atoms. The molecular formula is C21H34N4O4. The van der Waals surface area contributed by atoms with Crippen LogP contribution < -0.4 is 5.32 Å². The Labute approximate surface area is 173 Å². The first-order chi connectivity index (χ1) is 13.8. The van der Waals surface area contributed by atoms with Gasteiger partial charge in [0, 0.05) is 51.9 Å². The molecule has 1 heterocycles. The van der Waals surface area contributed by atoms with E-state index in [4.69, 9.17) is 10.2 Å². The number of carbonyl (C=O) groups is 2. The first-order valence-electron chi connectivity index (χ1n) is 10.2. The van der Waals surface area contributed by atoms with Crippen molar-refractivity contribution in [1.29, 1.82) is 0 Å². The summed E-state index contributed by atoms with van der Waals surface area (Å²) in [5.41, 5.74) is 2.37. The van der Waals surface area contributed by atoms with Gasteiger partial charge in [0.05, 0.1) is 13.1 Å². The van der Waals surface area contributed by atoms with E-state index >= 15 is 0 Å². The number of hydrogen-bond donors (Lipinski definition) is 3. The standard InChI is InChI=1S/C21H34N4O4/c1-17-3-5-18(6-4-17)13-19(22-14-20(26)27)15-24-9-7-23(2)8-10-25(12-11-24)16-21(28)29/h3-6,19,22H,7-16H2,1-2H3,(H,26,27)(H,28,29). The maximum atomic E-state index is 11.1. The molecule has 1 unspecified atom stereocenters. The van der Waals surface area contributed by atoms with E-state index in [1.165, 1.54) is 11.1 Å². The Kier molecular flexibility index (Phi) is 9.53. The van der Waals surface area contributed by atoms with Crippen molar-refractivity contribution in [1.82, 2.24) is 20.0 Å². The normalized spacial score (nSPS) is 18.6. The maximum absolute atomic E-state index is 11.1. The number of nitrogens with one attached hydrogen (secondary N) is 1. The van der Waals surface area contributed by atoms with Crippen LogP contribution in [0.25, 0.3) is 0 Å². The molecule has 0 bridgehead atoms. The molecule has 8 heteroatoms. The molecule has 0 radical (unpaired) electrons. The van der Waals surface area contributed by atoms with Gasteiger partial charge in [0.1, 0.15) is 0 Å². The molecule has 8 nitrogen and oxygen atoms in total. The molecule has 1 fully saturated rings. The van der Waals surface area contributed by atoms with Gasteiger partial charge in [-0.15, -0.1) is 0 Å². The van der Waals surface area contributed by atoms with Crippen LogP contribution in [0.4, 0.5) is 0 Å². The highest BCUT2D eigenvalue weighted by Gasteiger charge is 2.20. The first kappa shape index (κ1) is 23.3. The minimum absolute atomic E-state index is 0.00721. The Morgan fingerprint density at radius 2 is 1.55 bits per heavy atom. The molecule has 1 aliphatic heterocycles. The third-order valence-corrected chi connectivity index (χ3v) is 5.31. The van der Waals surface area contributed by atoms with Crippen LogP contribution in [0, 0.1) is 6.92 Å². The number of hydrogen-bond acceptors (Lipinski definition) is 6. The van der Waals surface area contributed by atoms with E-state index in [9.17, 15) is 9.59 Å². The molecule has 0 aliphatic carbocycles. The molecule has 1 aromatic rings. The monoisotopic (exact) mass is 406 g/mol. The molecule has 1 aromatic carbocycles. The van der Waals surface area contributed by atoms with Gasteiger partial charge in [-0.25, -0.2) is 0 Å². The average molecular weight is 407 g/mol. The lowest BCUT2D eigenvalue weighted by atomic mass is 10.0. The number of rotatable bonds is 9. The fourth-order valence-electron chi connectivity index (χ4n) is 3.53. The van der Waals surface area contributed by atoms with Gasteiger partial charge in [0.25, 0.3) is 0 Å². The zero-order chi connectivity index (χ0) is 21.2. The summed E-state index contributed by atoms with van der Waals surface area (Å²) in [4.78, 5) is 28.7. The van der Waals surface area contributed by atoms with Gasteiger partial charge in [-0.2, -0.15) is 0 Å². The van der Waals surface area contributed by atoms with Crippen LogP contribution in [-0.4, -0.2) is 109 Å². The summed E-state index contributed by atoms with van der Waals surface area (Å²) in [5, 5.41) is 21.4. The van der Waals surface area contributed by atoms with Crippen LogP contribution in [-0.2, 0) is 16.0 Å². The summed E-state index contributed by atoms with van der Waals surface area (Å²) in [6.07, 6.45) is 0.749. The fourth-order valence-corrected chi connectivity index (χ4v) is 3.53. The highest BCUT2D eigenvalue weighted by molar-refractivity contribution is 5.69. The van der Waals surface area contributed by atoms with Crippen molar-refractivity contribution in [2.45, 2.75) is 19.4 Å². The summed E-state index contributed by atoms with van der Waals surface area (Å²) in [6.45, 7) is 7.54. The number of carboxylic acid groups (broad SMARTS) is 2. The summed E-state index contributed by atoms with van der Waals surface area (Å²) in [5.74, 6) is -1.67. The summed E-state index contributed by atoms with van der Waals surface area (Å²) < 4.78 is 0. The second-order valence-corrected chi connectivity index (χ2v) is 7.94. The Morgan fingerprint density at radius 3 is 2.17 bits per heavy atom. The fraction of sp³-hybridized carbons (Fsp3) is 0.619. The topological polar surface area (TPSA) is 96.4 Å². The zero-order valence-corrected chi connectivity index (χ0v) is 17.5. The highest BCUT2D eigenvalue weighted by Crippen LogP contribution is 2.08. The van der Waals surface area contributed by atoms with E-state index < -0.39 is 11.9 Å². The van der Waals surface area contributed by atoms with Crippen LogP contribution in [0.2, 0.25) is 0 Å². The van der Waals surface area contributed by atoms with Crippen LogP contribution >= 0.6 is 0 Å². The van der Waals surface area contributed by atoms with Crippen LogP contribution in [0.3, 0.4) is 0 Å². The first-order valence-corrected chi connectivity index (χ1v) is 10.2. The van der Waals surface area contributed by atoms with Crippen molar-refractivity contribution in [3.05, 3.63) is 35.4 Å². The number of aliphatic carboxylic acids is 2. The van der Waals surface area contributed by atoms with Crippen LogP contribution in [0.15, 0.2) is 24.3 Å². The number of carboxylic acids is 2. The molecular weight excluding hydrogens is 372 g/mol. The minimum atomic E-state index is -0.865. The lowest BCUT2D eigenvalue weighted by Gasteiger charge is -2.29. The van der Waals surface area contributed by atoms with Gasteiger partial charge in [0.2, 0.25) is 0 Å². The quantitative estimate of drug-likeness (QED) is 0.536. The molecule has 0 amide bonds. The van der Waals surface area contributed by atoms with E-state index in [1.54, 1.807) is 0 Å². The summed E-state index contributed by atoms with van der Waals surface area (Å²) in [6, 6.07) is 8.33. The SMILES string of the molecule is Cc1ccc(CC(CN2CCN(C)CCN(CC(=O)O)CC2)NCC(=O)O)cc1. The zero-order valence-electron chi connectivity index (χ0n) is 17.5. The van der Waals surface area contributed by atoms with Crippen molar-refractivity contribution in [3.8, 4) is 0 Å². The van der Waals surface area contributed by atoms with E-state index in [0.29, 0.717) is 6.54 Å². The molecule has 162 valence electrons. The Morgan fingerprint density at radius 1 is 0.966 bits per heavy atom. The number of likely N-dealkylation sites (N-methyl/N-ethyl adjacent to an activating group) is 1. The van der Waals surface area contributed by atoms with Gasteiger partial charge in [-0.1, -0.05) is 29.8 Å². The van der Waals surface area contributed by atoms with Crippen molar-refractivity contribution in [2.75, 3.05) is 66.0 Å². The van der Waals surface area contributed by atoms with Crippen molar-refractivity contribution in [2.24, 2.45) is 0 Å². The van der Waals surface area contributed by atoms with E-state index in [-0.39, 0.29) is 19.1 Å². The van der Waals surface area contributed by atoms with Gasteiger partial charge in [-0.3, -0.25) is 19.4 Å². The number of benzene rings is 1. The number of aryl methyl sites for hydroxylation is 1. The molecule has 1 atom stereocenters. The molecule has 1 saturated heterocycles. The Balaban J connectivity index is 2.03. The molecule has 0 saturated carbocycles. The molecule has 2 rings (SSSR count). The molecule has 29 heavy (non-hydrogen) atoms.